The van der Waals surface area contributed by atoms with Gasteiger partial charge in [-0.3, -0.25) is 0 Å². The van der Waals surface area contributed by atoms with E-state index >= 15 is 0 Å². The van der Waals surface area contributed by atoms with Gasteiger partial charge >= 0.3 is 0 Å². The van der Waals surface area contributed by atoms with Crippen molar-refractivity contribution in [2.75, 3.05) is 6.61 Å². The molecule has 0 amide bonds. The molecule has 0 aromatic heterocycles. The quantitative estimate of drug-likeness (QED) is 0.396. The van der Waals surface area contributed by atoms with E-state index in [4.69, 9.17) is 28.8 Å². The lowest BCUT2D eigenvalue weighted by Crippen LogP contribution is -2.63. The van der Waals surface area contributed by atoms with E-state index in [-0.39, 0.29) is 37.1 Å². The van der Waals surface area contributed by atoms with Crippen molar-refractivity contribution >= 4 is 0 Å². The second-order valence-electron chi connectivity index (χ2n) is 9.93. The lowest BCUT2D eigenvalue weighted by molar-refractivity contribution is -0.287. The topological polar surface area (TPSA) is 127 Å². The monoisotopic (exact) mass is 504 g/mol. The highest BCUT2D eigenvalue weighted by atomic mass is 16.6. The van der Waals surface area contributed by atoms with Crippen molar-refractivity contribution in [1.29, 1.82) is 0 Å². The molecular formula is C27H36O9. The van der Waals surface area contributed by atoms with Gasteiger partial charge in [0.15, 0.2) is 0 Å². The summed E-state index contributed by atoms with van der Waals surface area (Å²) in [6, 6.07) is 0. The van der Waals surface area contributed by atoms with Crippen molar-refractivity contribution in [2.24, 2.45) is 0 Å². The third kappa shape index (κ3) is 5.45. The summed E-state index contributed by atoms with van der Waals surface area (Å²) in [5.74, 6) is 0. The summed E-state index contributed by atoms with van der Waals surface area (Å²) in [5, 5.41) is 40.3. The van der Waals surface area contributed by atoms with E-state index in [2.05, 4.69) is 6.58 Å². The summed E-state index contributed by atoms with van der Waals surface area (Å²) in [6.07, 6.45) is 10.7. The molecule has 198 valence electrons. The van der Waals surface area contributed by atoms with E-state index in [0.29, 0.717) is 19.3 Å². The fraction of sp³-hybridized carbons (Fsp3) is 0.630. The number of hydrogen-bond acceptors (Lipinski definition) is 9. The SMILES string of the molecule is C=CC[C@H]1O[C@H]2C=C[C@H]3O[C@H]4[C@H](O)[C@H]5O[C@@H](/C=C/[C@H](O)CO)C=CC[C@@H]5O[C@@H]4C[C@@H]3O[C@@H]2C=C[C@@H]1O. The molecule has 2 saturated heterocycles. The van der Waals surface area contributed by atoms with E-state index in [1.165, 1.54) is 6.08 Å². The van der Waals surface area contributed by atoms with Crippen LogP contribution in [0.5, 0.6) is 0 Å². The van der Waals surface area contributed by atoms with Gasteiger partial charge in [0, 0.05) is 6.42 Å². The van der Waals surface area contributed by atoms with Gasteiger partial charge in [0.2, 0.25) is 0 Å². The highest BCUT2D eigenvalue weighted by Gasteiger charge is 2.52. The normalized spacial score (nSPS) is 47.0. The van der Waals surface area contributed by atoms with Gasteiger partial charge in [-0.25, -0.2) is 0 Å². The number of rotatable bonds is 5. The van der Waals surface area contributed by atoms with Crippen molar-refractivity contribution < 1.29 is 44.1 Å². The fourth-order valence-corrected chi connectivity index (χ4v) is 5.51. The number of hydrogen-bond donors (Lipinski definition) is 4. The molecule has 0 bridgehead atoms. The Balaban J connectivity index is 1.29. The maximum atomic E-state index is 11.3. The number of ether oxygens (including phenoxy) is 5. The molecule has 5 aliphatic rings. The van der Waals surface area contributed by atoms with E-state index in [1.54, 1.807) is 18.2 Å². The Morgan fingerprint density at radius 3 is 2.42 bits per heavy atom. The first-order valence-corrected chi connectivity index (χ1v) is 12.7. The number of aliphatic hydroxyl groups is 4. The Labute approximate surface area is 210 Å². The van der Waals surface area contributed by atoms with Gasteiger partial charge in [0.05, 0.1) is 49.3 Å². The highest BCUT2D eigenvalue weighted by molar-refractivity contribution is 5.16. The summed E-state index contributed by atoms with van der Waals surface area (Å²) in [7, 11) is 0. The van der Waals surface area contributed by atoms with Crippen LogP contribution in [-0.2, 0) is 23.7 Å². The minimum atomic E-state index is -0.972. The first-order valence-electron chi connectivity index (χ1n) is 12.7. The zero-order valence-corrected chi connectivity index (χ0v) is 20.1. The highest BCUT2D eigenvalue weighted by Crippen LogP contribution is 2.39. The van der Waals surface area contributed by atoms with Gasteiger partial charge in [0.1, 0.15) is 36.6 Å². The van der Waals surface area contributed by atoms with E-state index < -0.39 is 48.8 Å². The zero-order valence-electron chi connectivity index (χ0n) is 20.1. The molecule has 0 unspecified atom stereocenters. The van der Waals surface area contributed by atoms with E-state index in [0.717, 1.165) is 0 Å². The maximum absolute atomic E-state index is 11.3. The lowest BCUT2D eigenvalue weighted by Gasteiger charge is -2.49. The summed E-state index contributed by atoms with van der Waals surface area (Å²) in [6.45, 7) is 3.37. The molecule has 36 heavy (non-hydrogen) atoms. The van der Waals surface area contributed by atoms with Crippen LogP contribution < -0.4 is 0 Å². The van der Waals surface area contributed by atoms with Crippen molar-refractivity contribution in [3.8, 4) is 0 Å². The molecule has 4 N–H and O–H groups in total. The van der Waals surface area contributed by atoms with Crippen LogP contribution in [0.3, 0.4) is 0 Å². The van der Waals surface area contributed by atoms with Gasteiger partial charge in [-0.2, -0.15) is 0 Å². The summed E-state index contributed by atoms with van der Waals surface area (Å²) < 4.78 is 31.4. The predicted molar refractivity (Wildman–Crippen MR) is 129 cm³/mol. The van der Waals surface area contributed by atoms with Crippen molar-refractivity contribution in [2.45, 2.75) is 98.6 Å². The Morgan fingerprint density at radius 1 is 0.861 bits per heavy atom. The smallest absolute Gasteiger partial charge is 0.114 e. The van der Waals surface area contributed by atoms with E-state index in [1.807, 2.05) is 30.4 Å². The molecule has 9 heteroatoms. The number of aliphatic hydroxyl groups excluding tert-OH is 4. The molecule has 2 fully saturated rings. The second kappa shape index (κ2) is 11.4. The molecule has 0 aromatic carbocycles. The van der Waals surface area contributed by atoms with Gasteiger partial charge < -0.3 is 44.1 Å². The van der Waals surface area contributed by atoms with Gasteiger partial charge in [-0.15, -0.1) is 6.58 Å². The van der Waals surface area contributed by atoms with Crippen LogP contribution in [0.15, 0.2) is 61.3 Å². The minimum absolute atomic E-state index is 0.305. The molecule has 5 rings (SSSR count). The van der Waals surface area contributed by atoms with Crippen molar-refractivity contribution in [3.63, 3.8) is 0 Å². The Bertz CT molecular complexity index is 884. The minimum Gasteiger partial charge on any atom is -0.393 e. The van der Waals surface area contributed by atoms with Crippen LogP contribution in [0.4, 0.5) is 0 Å². The molecule has 5 heterocycles. The Hall–Kier alpha value is -1.66. The molecule has 0 radical (unpaired) electrons. The molecular weight excluding hydrogens is 468 g/mol. The molecule has 5 aliphatic heterocycles. The predicted octanol–water partition coefficient (Wildman–Crippen LogP) is 0.479. The third-order valence-corrected chi connectivity index (χ3v) is 7.38. The fourth-order valence-electron chi connectivity index (χ4n) is 5.51. The molecule has 0 aliphatic carbocycles. The number of fused-ring (bicyclic) bond motifs is 4. The average molecular weight is 505 g/mol. The maximum Gasteiger partial charge on any atom is 0.114 e. The molecule has 0 aromatic rings. The van der Waals surface area contributed by atoms with Crippen LogP contribution in [0.1, 0.15) is 19.3 Å². The van der Waals surface area contributed by atoms with Crippen LogP contribution >= 0.6 is 0 Å². The molecule has 9 nitrogen and oxygen atoms in total. The molecule has 0 spiro atoms. The lowest BCUT2D eigenvalue weighted by atomic mass is 9.87. The van der Waals surface area contributed by atoms with Gasteiger partial charge in [-0.05, 0) is 12.8 Å². The standard InChI is InChI=1S/C27H36O9/c1-2-4-18-17(30)9-10-19-20(33-18)11-12-21-23(34-19)13-24-27(36-21)25(31)26-22(35-24)6-3-5-16(32-26)8-7-15(29)14-28/h2-3,5,7-12,15-31H,1,4,6,13-14H2/b8-7+/t15-,16+,17-,18+,19+,20-,21+,22-,23-,24+,25+,26-,27+/m0/s1. The summed E-state index contributed by atoms with van der Waals surface area (Å²) in [5.41, 5.74) is 0. The van der Waals surface area contributed by atoms with Crippen LogP contribution in [-0.4, -0.2) is 106 Å². The van der Waals surface area contributed by atoms with Gasteiger partial charge in [-0.1, -0.05) is 54.7 Å². The average Bonchev–Trinajstić information content (AvgIpc) is 3.24. The molecule has 13 atom stereocenters. The van der Waals surface area contributed by atoms with Crippen molar-refractivity contribution in [3.05, 3.63) is 61.3 Å². The van der Waals surface area contributed by atoms with Crippen molar-refractivity contribution in [1.82, 2.24) is 0 Å². The first kappa shape index (κ1) is 26.0. The largest absolute Gasteiger partial charge is 0.393 e. The van der Waals surface area contributed by atoms with Crippen LogP contribution in [0, 0.1) is 0 Å². The third-order valence-electron chi connectivity index (χ3n) is 7.38. The summed E-state index contributed by atoms with van der Waals surface area (Å²) in [4.78, 5) is 0. The van der Waals surface area contributed by atoms with Crippen LogP contribution in [0.2, 0.25) is 0 Å². The van der Waals surface area contributed by atoms with Gasteiger partial charge in [0.25, 0.3) is 0 Å². The second-order valence-corrected chi connectivity index (χ2v) is 9.93. The Kier molecular flexibility index (Phi) is 8.21. The zero-order chi connectivity index (χ0) is 25.2. The Morgan fingerprint density at radius 2 is 1.61 bits per heavy atom. The first-order chi connectivity index (χ1) is 17.5. The molecule has 0 saturated carbocycles. The van der Waals surface area contributed by atoms with Crippen LogP contribution in [0.25, 0.3) is 0 Å². The summed E-state index contributed by atoms with van der Waals surface area (Å²) >= 11 is 0. The van der Waals surface area contributed by atoms with E-state index in [9.17, 15) is 15.3 Å².